The summed E-state index contributed by atoms with van der Waals surface area (Å²) in [6.45, 7) is 2.26. The Morgan fingerprint density at radius 3 is 2.94 bits per heavy atom. The van der Waals surface area contributed by atoms with Gasteiger partial charge in [0, 0.05) is 5.41 Å². The number of hydrogen-bond acceptors (Lipinski definition) is 0. The SMILES string of the molecule is CCc1ccc2c(c1)CCCC21CC2C=CC1C2. The van der Waals surface area contributed by atoms with Gasteiger partial charge in [-0.2, -0.15) is 0 Å². The van der Waals surface area contributed by atoms with Crippen LogP contribution in [0.15, 0.2) is 30.4 Å². The van der Waals surface area contributed by atoms with E-state index < -0.39 is 0 Å². The normalized spacial score (nSPS) is 36.3. The molecule has 1 fully saturated rings. The molecule has 2 bridgehead atoms. The highest BCUT2D eigenvalue weighted by Crippen LogP contribution is 2.58. The molecule has 94 valence electrons. The lowest BCUT2D eigenvalue weighted by atomic mass is 9.63. The Labute approximate surface area is 110 Å². The Morgan fingerprint density at radius 2 is 2.22 bits per heavy atom. The Morgan fingerprint density at radius 1 is 1.28 bits per heavy atom. The summed E-state index contributed by atoms with van der Waals surface area (Å²) in [4.78, 5) is 0. The molecule has 0 amide bonds. The van der Waals surface area contributed by atoms with Crippen molar-refractivity contribution >= 4 is 0 Å². The van der Waals surface area contributed by atoms with Crippen molar-refractivity contribution in [1.82, 2.24) is 0 Å². The molecular formula is C18H22. The monoisotopic (exact) mass is 238 g/mol. The van der Waals surface area contributed by atoms with E-state index in [0.29, 0.717) is 5.41 Å². The van der Waals surface area contributed by atoms with E-state index in [9.17, 15) is 0 Å². The number of aryl methyl sites for hydroxylation is 2. The molecule has 1 spiro atoms. The van der Waals surface area contributed by atoms with E-state index in [1.54, 1.807) is 11.1 Å². The van der Waals surface area contributed by atoms with Gasteiger partial charge in [-0.1, -0.05) is 37.3 Å². The molecule has 0 radical (unpaired) electrons. The molecular weight excluding hydrogens is 216 g/mol. The minimum Gasteiger partial charge on any atom is -0.0851 e. The van der Waals surface area contributed by atoms with Crippen LogP contribution in [0.2, 0.25) is 0 Å². The fraction of sp³-hybridized carbons (Fsp3) is 0.556. The first-order chi connectivity index (χ1) is 8.82. The predicted molar refractivity (Wildman–Crippen MR) is 75.8 cm³/mol. The fourth-order valence-corrected chi connectivity index (χ4v) is 4.84. The Balaban J connectivity index is 1.84. The van der Waals surface area contributed by atoms with Gasteiger partial charge < -0.3 is 0 Å². The molecule has 0 N–H and O–H groups in total. The highest BCUT2D eigenvalue weighted by atomic mass is 14.5. The van der Waals surface area contributed by atoms with E-state index >= 15 is 0 Å². The Kier molecular flexibility index (Phi) is 2.24. The molecule has 4 rings (SSSR count). The molecule has 0 heterocycles. The van der Waals surface area contributed by atoms with Gasteiger partial charge in [0.05, 0.1) is 0 Å². The lowest BCUT2D eigenvalue weighted by Gasteiger charge is -2.41. The Bertz CT molecular complexity index is 511. The molecule has 3 atom stereocenters. The lowest BCUT2D eigenvalue weighted by molar-refractivity contribution is 0.303. The van der Waals surface area contributed by atoms with Crippen LogP contribution in [0.4, 0.5) is 0 Å². The summed E-state index contributed by atoms with van der Waals surface area (Å²) in [5, 5.41) is 0. The molecule has 3 aliphatic rings. The topological polar surface area (TPSA) is 0 Å². The molecule has 1 aromatic carbocycles. The number of benzene rings is 1. The van der Waals surface area contributed by atoms with Gasteiger partial charge in [0.15, 0.2) is 0 Å². The van der Waals surface area contributed by atoms with Crippen molar-refractivity contribution in [1.29, 1.82) is 0 Å². The molecule has 0 aromatic heterocycles. The molecule has 3 aliphatic carbocycles. The van der Waals surface area contributed by atoms with E-state index in [1.807, 2.05) is 0 Å². The van der Waals surface area contributed by atoms with Crippen molar-refractivity contribution in [2.45, 2.75) is 50.9 Å². The molecule has 3 unspecified atom stereocenters. The second kappa shape index (κ2) is 3.73. The second-order valence-electron chi connectivity index (χ2n) is 6.55. The number of fused-ring (bicyclic) bond motifs is 5. The van der Waals surface area contributed by atoms with E-state index in [4.69, 9.17) is 0 Å². The average molecular weight is 238 g/mol. The molecule has 0 saturated heterocycles. The standard InChI is InChI=1S/C18H22/c1-2-13-6-8-17-15(10-13)4-3-9-18(17)12-14-5-7-16(18)11-14/h5-8,10,14,16H,2-4,9,11-12H2,1H3. The maximum absolute atomic E-state index is 2.52. The summed E-state index contributed by atoms with van der Waals surface area (Å²) in [6.07, 6.45) is 13.2. The van der Waals surface area contributed by atoms with Crippen LogP contribution in [0.5, 0.6) is 0 Å². The molecule has 1 saturated carbocycles. The van der Waals surface area contributed by atoms with Gasteiger partial charge in [-0.05, 0) is 67.1 Å². The lowest BCUT2D eigenvalue weighted by Crippen LogP contribution is -2.35. The summed E-state index contributed by atoms with van der Waals surface area (Å²) >= 11 is 0. The first kappa shape index (κ1) is 10.8. The zero-order valence-electron chi connectivity index (χ0n) is 11.3. The van der Waals surface area contributed by atoms with Gasteiger partial charge in [0.2, 0.25) is 0 Å². The average Bonchev–Trinajstić information content (AvgIpc) is 2.99. The van der Waals surface area contributed by atoms with Gasteiger partial charge in [0.25, 0.3) is 0 Å². The summed E-state index contributed by atoms with van der Waals surface area (Å²) in [6, 6.07) is 7.34. The maximum atomic E-state index is 2.52. The number of allylic oxidation sites excluding steroid dienone is 2. The van der Waals surface area contributed by atoms with Crippen molar-refractivity contribution in [2.75, 3.05) is 0 Å². The first-order valence-corrected chi connectivity index (χ1v) is 7.62. The smallest absolute Gasteiger partial charge is 0.00243 e. The van der Waals surface area contributed by atoms with Gasteiger partial charge in [0.1, 0.15) is 0 Å². The fourth-order valence-electron chi connectivity index (χ4n) is 4.84. The molecule has 0 heteroatoms. The molecule has 1 aromatic rings. The van der Waals surface area contributed by atoms with Crippen molar-refractivity contribution in [3.63, 3.8) is 0 Å². The van der Waals surface area contributed by atoms with Crippen LogP contribution in [-0.4, -0.2) is 0 Å². The van der Waals surface area contributed by atoms with E-state index in [2.05, 4.69) is 37.3 Å². The summed E-state index contributed by atoms with van der Waals surface area (Å²) in [5.41, 5.74) is 5.42. The summed E-state index contributed by atoms with van der Waals surface area (Å²) in [7, 11) is 0. The van der Waals surface area contributed by atoms with E-state index in [1.165, 1.54) is 44.1 Å². The van der Waals surface area contributed by atoms with Crippen LogP contribution < -0.4 is 0 Å². The van der Waals surface area contributed by atoms with Gasteiger partial charge in [-0.3, -0.25) is 0 Å². The highest BCUT2D eigenvalue weighted by molar-refractivity contribution is 5.43. The van der Waals surface area contributed by atoms with E-state index in [0.717, 1.165) is 11.8 Å². The maximum Gasteiger partial charge on any atom is 0.00243 e. The molecule has 0 nitrogen and oxygen atoms in total. The van der Waals surface area contributed by atoms with Crippen LogP contribution in [0, 0.1) is 11.8 Å². The van der Waals surface area contributed by atoms with Gasteiger partial charge in [-0.25, -0.2) is 0 Å². The Hall–Kier alpha value is -1.04. The van der Waals surface area contributed by atoms with Crippen LogP contribution >= 0.6 is 0 Å². The third-order valence-corrected chi connectivity index (χ3v) is 5.69. The third-order valence-electron chi connectivity index (χ3n) is 5.69. The van der Waals surface area contributed by atoms with Gasteiger partial charge >= 0.3 is 0 Å². The van der Waals surface area contributed by atoms with Crippen molar-refractivity contribution in [3.05, 3.63) is 47.0 Å². The molecule has 18 heavy (non-hydrogen) atoms. The quantitative estimate of drug-likeness (QED) is 0.635. The van der Waals surface area contributed by atoms with Gasteiger partial charge in [-0.15, -0.1) is 0 Å². The van der Waals surface area contributed by atoms with Crippen molar-refractivity contribution < 1.29 is 0 Å². The zero-order valence-corrected chi connectivity index (χ0v) is 11.3. The second-order valence-corrected chi connectivity index (χ2v) is 6.55. The predicted octanol–water partition coefficient (Wildman–Crippen LogP) is 4.42. The van der Waals surface area contributed by atoms with Crippen LogP contribution in [0.1, 0.15) is 49.3 Å². The highest BCUT2D eigenvalue weighted by Gasteiger charge is 2.50. The van der Waals surface area contributed by atoms with Crippen LogP contribution in [-0.2, 0) is 18.3 Å². The van der Waals surface area contributed by atoms with Crippen LogP contribution in [0.25, 0.3) is 0 Å². The summed E-state index contributed by atoms with van der Waals surface area (Å²) in [5.74, 6) is 1.72. The zero-order chi connectivity index (χ0) is 12.2. The number of hydrogen-bond donors (Lipinski definition) is 0. The van der Waals surface area contributed by atoms with Crippen LogP contribution in [0.3, 0.4) is 0 Å². The number of rotatable bonds is 1. The molecule has 0 aliphatic heterocycles. The van der Waals surface area contributed by atoms with Crippen molar-refractivity contribution in [3.8, 4) is 0 Å². The van der Waals surface area contributed by atoms with Crippen molar-refractivity contribution in [2.24, 2.45) is 11.8 Å². The largest absolute Gasteiger partial charge is 0.0851 e. The van der Waals surface area contributed by atoms with E-state index in [-0.39, 0.29) is 0 Å². The minimum atomic E-state index is 0.527. The summed E-state index contributed by atoms with van der Waals surface area (Å²) < 4.78 is 0. The third kappa shape index (κ3) is 1.32. The first-order valence-electron chi connectivity index (χ1n) is 7.62. The minimum absolute atomic E-state index is 0.527.